The number of hydrogen-bond acceptors (Lipinski definition) is 4. The minimum atomic E-state index is -0.0830. The van der Waals surface area contributed by atoms with Gasteiger partial charge in [0.25, 0.3) is 5.91 Å². The molecule has 5 heteroatoms. The van der Waals surface area contributed by atoms with Crippen molar-refractivity contribution < 1.29 is 14.6 Å². The summed E-state index contributed by atoms with van der Waals surface area (Å²) in [7, 11) is 1.54. The molecule has 21 heavy (non-hydrogen) atoms. The largest absolute Gasteiger partial charge is 0.507 e. The minimum Gasteiger partial charge on any atom is -0.507 e. The molecule has 0 aliphatic carbocycles. The first-order chi connectivity index (χ1) is 10.2. The highest BCUT2D eigenvalue weighted by atomic mass is 16.5. The molecular formula is C16H22N2O3. The van der Waals surface area contributed by atoms with Gasteiger partial charge in [-0.25, -0.2) is 0 Å². The Morgan fingerprint density at radius 2 is 2.14 bits per heavy atom. The molecule has 1 aromatic rings. The van der Waals surface area contributed by atoms with Crippen molar-refractivity contribution in [1.29, 1.82) is 0 Å². The molecule has 2 aliphatic heterocycles. The third-order valence-electron chi connectivity index (χ3n) is 4.56. The van der Waals surface area contributed by atoms with Crippen molar-refractivity contribution in [2.75, 3.05) is 33.3 Å². The second-order valence-electron chi connectivity index (χ2n) is 5.82. The third kappa shape index (κ3) is 2.83. The van der Waals surface area contributed by atoms with Gasteiger partial charge in [-0.05, 0) is 31.5 Å². The lowest BCUT2D eigenvalue weighted by atomic mass is 9.99. The molecule has 2 saturated heterocycles. The molecule has 1 N–H and O–H groups in total. The first-order valence-electron chi connectivity index (χ1n) is 7.59. The van der Waals surface area contributed by atoms with Crippen molar-refractivity contribution in [1.82, 2.24) is 9.80 Å². The molecule has 1 aromatic carbocycles. The van der Waals surface area contributed by atoms with Crippen molar-refractivity contribution in [3.05, 3.63) is 23.8 Å². The first kappa shape index (κ1) is 14.2. The highest BCUT2D eigenvalue weighted by Gasteiger charge is 2.32. The van der Waals surface area contributed by atoms with E-state index in [2.05, 4.69) is 4.90 Å². The number of phenolic OH excluding ortho intramolecular Hbond substituents is 1. The number of carbonyl (C=O) groups excluding carboxylic acids is 1. The third-order valence-corrected chi connectivity index (χ3v) is 4.56. The number of hydrogen-bond donors (Lipinski definition) is 1. The molecule has 0 radical (unpaired) electrons. The summed E-state index contributed by atoms with van der Waals surface area (Å²) in [6, 6.07) is 5.33. The lowest BCUT2D eigenvalue weighted by Gasteiger charge is -2.44. The maximum atomic E-state index is 12.6. The molecule has 0 spiro atoms. The predicted molar refractivity (Wildman–Crippen MR) is 79.8 cm³/mol. The van der Waals surface area contributed by atoms with Gasteiger partial charge >= 0.3 is 0 Å². The number of rotatable bonds is 2. The van der Waals surface area contributed by atoms with E-state index in [4.69, 9.17) is 4.74 Å². The van der Waals surface area contributed by atoms with Crippen LogP contribution in [0.15, 0.2) is 18.2 Å². The minimum absolute atomic E-state index is 0.00887. The standard InChI is InChI=1S/C16H22N2O3/c1-21-13-5-6-14(15(19)10-13)16(20)18-9-8-17-7-3-2-4-12(17)11-18/h5-6,10,12,19H,2-4,7-9,11H2,1H3. The van der Waals surface area contributed by atoms with E-state index >= 15 is 0 Å². The van der Waals surface area contributed by atoms with Crippen molar-refractivity contribution in [2.45, 2.75) is 25.3 Å². The van der Waals surface area contributed by atoms with Gasteiger partial charge in [0, 0.05) is 31.7 Å². The number of carbonyl (C=O) groups is 1. The lowest BCUT2D eigenvalue weighted by Crippen LogP contribution is -2.56. The lowest BCUT2D eigenvalue weighted by molar-refractivity contribution is 0.0370. The Hall–Kier alpha value is -1.75. The molecule has 0 bridgehead atoms. The van der Waals surface area contributed by atoms with Gasteiger partial charge in [-0.15, -0.1) is 0 Å². The number of methoxy groups -OCH3 is 1. The van der Waals surface area contributed by atoms with Crippen LogP contribution in [0.3, 0.4) is 0 Å². The first-order valence-corrected chi connectivity index (χ1v) is 7.59. The molecule has 2 heterocycles. The molecule has 1 amide bonds. The van der Waals surface area contributed by atoms with Gasteiger partial charge in [0.2, 0.25) is 0 Å². The van der Waals surface area contributed by atoms with E-state index in [9.17, 15) is 9.90 Å². The second kappa shape index (κ2) is 5.93. The molecular weight excluding hydrogens is 268 g/mol. The predicted octanol–water partition coefficient (Wildman–Crippen LogP) is 1.71. The summed E-state index contributed by atoms with van der Waals surface area (Å²) in [5.74, 6) is 0.465. The van der Waals surface area contributed by atoms with Gasteiger partial charge in [0.1, 0.15) is 11.5 Å². The average Bonchev–Trinajstić information content (AvgIpc) is 2.53. The maximum absolute atomic E-state index is 12.6. The topological polar surface area (TPSA) is 53.0 Å². The number of ether oxygens (including phenoxy) is 1. The average molecular weight is 290 g/mol. The fraction of sp³-hybridized carbons (Fsp3) is 0.562. The van der Waals surface area contributed by atoms with Gasteiger partial charge in [-0.2, -0.15) is 0 Å². The van der Waals surface area contributed by atoms with Crippen LogP contribution in [0.4, 0.5) is 0 Å². The molecule has 1 unspecified atom stereocenters. The van der Waals surface area contributed by atoms with E-state index in [1.165, 1.54) is 25.3 Å². The van der Waals surface area contributed by atoms with Gasteiger partial charge in [-0.1, -0.05) is 6.42 Å². The summed E-state index contributed by atoms with van der Waals surface area (Å²) < 4.78 is 5.05. The fourth-order valence-corrected chi connectivity index (χ4v) is 3.33. The Labute approximate surface area is 125 Å². The van der Waals surface area contributed by atoms with Crippen LogP contribution in [0.2, 0.25) is 0 Å². The second-order valence-corrected chi connectivity index (χ2v) is 5.82. The molecule has 0 aromatic heterocycles. The molecule has 5 nitrogen and oxygen atoms in total. The number of phenols is 1. The smallest absolute Gasteiger partial charge is 0.257 e. The number of benzene rings is 1. The van der Waals surface area contributed by atoms with Crippen molar-refractivity contribution >= 4 is 5.91 Å². The summed E-state index contributed by atoms with van der Waals surface area (Å²) in [5.41, 5.74) is 0.361. The van der Waals surface area contributed by atoms with Crippen LogP contribution in [0.1, 0.15) is 29.6 Å². The molecule has 1 atom stereocenters. The van der Waals surface area contributed by atoms with E-state index in [0.29, 0.717) is 17.4 Å². The SMILES string of the molecule is COc1ccc(C(=O)N2CCN3CCCCC3C2)c(O)c1. The zero-order valence-corrected chi connectivity index (χ0v) is 12.4. The van der Waals surface area contributed by atoms with Crippen LogP contribution in [-0.2, 0) is 0 Å². The van der Waals surface area contributed by atoms with Crippen LogP contribution in [-0.4, -0.2) is 60.1 Å². The number of piperidine rings is 1. The van der Waals surface area contributed by atoms with Crippen molar-refractivity contribution in [2.24, 2.45) is 0 Å². The van der Waals surface area contributed by atoms with Gasteiger partial charge in [0.15, 0.2) is 0 Å². The van der Waals surface area contributed by atoms with Crippen molar-refractivity contribution in [3.63, 3.8) is 0 Å². The number of amides is 1. The fourth-order valence-electron chi connectivity index (χ4n) is 3.33. The van der Waals surface area contributed by atoms with Crippen LogP contribution in [0.25, 0.3) is 0 Å². The Kier molecular flexibility index (Phi) is 4.01. The van der Waals surface area contributed by atoms with Gasteiger partial charge < -0.3 is 14.7 Å². The van der Waals surface area contributed by atoms with Gasteiger partial charge in [-0.3, -0.25) is 9.69 Å². The maximum Gasteiger partial charge on any atom is 0.257 e. The molecule has 2 fully saturated rings. The number of nitrogens with zero attached hydrogens (tertiary/aromatic N) is 2. The molecule has 2 aliphatic rings. The molecule has 3 rings (SSSR count). The number of aromatic hydroxyl groups is 1. The normalized spacial score (nSPS) is 22.7. The number of fused-ring (bicyclic) bond motifs is 1. The summed E-state index contributed by atoms with van der Waals surface area (Å²) in [4.78, 5) is 17.0. The summed E-state index contributed by atoms with van der Waals surface area (Å²) in [6.07, 6.45) is 3.68. The number of piperazine rings is 1. The Morgan fingerprint density at radius 1 is 1.29 bits per heavy atom. The summed E-state index contributed by atoms with van der Waals surface area (Å²) >= 11 is 0. The van der Waals surface area contributed by atoms with Crippen LogP contribution >= 0.6 is 0 Å². The molecule has 114 valence electrons. The highest BCUT2D eigenvalue weighted by molar-refractivity contribution is 5.97. The Balaban J connectivity index is 1.73. The Bertz CT molecular complexity index is 532. The summed E-state index contributed by atoms with van der Waals surface area (Å²) in [5, 5.41) is 10.0. The van der Waals surface area contributed by atoms with E-state index in [1.807, 2.05) is 4.90 Å². The van der Waals surface area contributed by atoms with E-state index in [-0.39, 0.29) is 11.7 Å². The molecule has 0 saturated carbocycles. The zero-order chi connectivity index (χ0) is 14.8. The quantitative estimate of drug-likeness (QED) is 0.901. The van der Waals surface area contributed by atoms with Gasteiger partial charge in [0.05, 0.1) is 12.7 Å². The Morgan fingerprint density at radius 3 is 2.90 bits per heavy atom. The zero-order valence-electron chi connectivity index (χ0n) is 12.4. The monoisotopic (exact) mass is 290 g/mol. The van der Waals surface area contributed by atoms with E-state index < -0.39 is 0 Å². The van der Waals surface area contributed by atoms with Crippen LogP contribution in [0.5, 0.6) is 11.5 Å². The summed E-state index contributed by atoms with van der Waals surface area (Å²) in [6.45, 7) is 3.60. The van der Waals surface area contributed by atoms with Crippen molar-refractivity contribution in [3.8, 4) is 11.5 Å². The van der Waals surface area contributed by atoms with Crippen LogP contribution in [0, 0.1) is 0 Å². The van der Waals surface area contributed by atoms with E-state index in [1.54, 1.807) is 19.2 Å². The van der Waals surface area contributed by atoms with Crippen LogP contribution < -0.4 is 4.74 Å². The van der Waals surface area contributed by atoms with E-state index in [0.717, 1.165) is 26.2 Å². The highest BCUT2D eigenvalue weighted by Crippen LogP contribution is 2.27.